The second-order valence-corrected chi connectivity index (χ2v) is 9.49. The molecule has 1 aliphatic heterocycles. The standard InChI is InChI=1S/C20H32N2O4S/c1-8-21(9-2)27(24,25)16-10-11-18-17(12-16)15(7)19(26-18)20(23)22(13(3)4)14(5)6/h10-15,19H,8-9H2,1-7H3. The van der Waals surface area contributed by atoms with Gasteiger partial charge >= 0.3 is 0 Å². The number of amides is 1. The molecule has 27 heavy (non-hydrogen) atoms. The predicted molar refractivity (Wildman–Crippen MR) is 106 cm³/mol. The maximum atomic E-state index is 13.1. The average Bonchev–Trinajstić information content (AvgIpc) is 2.91. The summed E-state index contributed by atoms with van der Waals surface area (Å²) < 4.78 is 33.0. The van der Waals surface area contributed by atoms with Crippen LogP contribution in [0.3, 0.4) is 0 Å². The summed E-state index contributed by atoms with van der Waals surface area (Å²) in [6, 6.07) is 5.03. The summed E-state index contributed by atoms with van der Waals surface area (Å²) in [4.78, 5) is 15.1. The van der Waals surface area contributed by atoms with Crippen molar-refractivity contribution in [3.63, 3.8) is 0 Å². The summed E-state index contributed by atoms with van der Waals surface area (Å²) in [7, 11) is -3.54. The topological polar surface area (TPSA) is 66.9 Å². The number of hydrogen-bond acceptors (Lipinski definition) is 4. The van der Waals surface area contributed by atoms with E-state index >= 15 is 0 Å². The van der Waals surface area contributed by atoms with Gasteiger partial charge in [-0.25, -0.2) is 8.42 Å². The van der Waals surface area contributed by atoms with Crippen LogP contribution in [0, 0.1) is 0 Å². The number of fused-ring (bicyclic) bond motifs is 1. The maximum Gasteiger partial charge on any atom is 0.264 e. The van der Waals surface area contributed by atoms with Crippen molar-refractivity contribution in [2.24, 2.45) is 0 Å². The van der Waals surface area contributed by atoms with Crippen LogP contribution in [0.2, 0.25) is 0 Å². The molecule has 0 aliphatic carbocycles. The van der Waals surface area contributed by atoms with E-state index in [2.05, 4.69) is 0 Å². The molecule has 6 nitrogen and oxygen atoms in total. The third kappa shape index (κ3) is 3.99. The van der Waals surface area contributed by atoms with E-state index in [1.807, 2.05) is 53.4 Å². The minimum absolute atomic E-state index is 0.0585. The fourth-order valence-electron chi connectivity index (χ4n) is 3.78. The molecular formula is C20H32N2O4S. The van der Waals surface area contributed by atoms with Gasteiger partial charge in [0.15, 0.2) is 6.10 Å². The molecule has 1 aromatic carbocycles. The highest BCUT2D eigenvalue weighted by Crippen LogP contribution is 2.40. The Bertz CT molecular complexity index is 777. The van der Waals surface area contributed by atoms with E-state index < -0.39 is 16.1 Å². The predicted octanol–water partition coefficient (Wildman–Crippen LogP) is 3.23. The number of sulfonamides is 1. The van der Waals surface area contributed by atoms with Gasteiger partial charge in [-0.2, -0.15) is 4.31 Å². The molecule has 0 spiro atoms. The lowest BCUT2D eigenvalue weighted by atomic mass is 9.96. The SMILES string of the molecule is CCN(CC)S(=O)(=O)c1ccc2c(c1)C(C)C(C(=O)N(C(C)C)C(C)C)O2. The van der Waals surface area contributed by atoms with E-state index in [0.29, 0.717) is 18.8 Å². The molecule has 2 unspecified atom stereocenters. The number of carbonyl (C=O) groups excluding carboxylic acids is 1. The van der Waals surface area contributed by atoms with Gasteiger partial charge in [0, 0.05) is 36.7 Å². The lowest BCUT2D eigenvalue weighted by Crippen LogP contribution is -2.49. The van der Waals surface area contributed by atoms with Crippen LogP contribution >= 0.6 is 0 Å². The van der Waals surface area contributed by atoms with Gasteiger partial charge in [-0.05, 0) is 45.9 Å². The molecule has 1 heterocycles. The van der Waals surface area contributed by atoms with Gasteiger partial charge in [0.05, 0.1) is 4.90 Å². The highest BCUT2D eigenvalue weighted by molar-refractivity contribution is 7.89. The Balaban J connectivity index is 2.36. The Morgan fingerprint density at radius 2 is 1.67 bits per heavy atom. The van der Waals surface area contributed by atoms with Gasteiger partial charge in [-0.1, -0.05) is 20.8 Å². The first-order chi connectivity index (χ1) is 12.6. The zero-order valence-electron chi connectivity index (χ0n) is 17.4. The minimum atomic E-state index is -3.54. The van der Waals surface area contributed by atoms with Crippen LogP contribution in [-0.4, -0.2) is 54.8 Å². The Morgan fingerprint density at radius 1 is 1.11 bits per heavy atom. The normalized spacial score (nSPS) is 19.5. The number of ether oxygens (including phenoxy) is 1. The van der Waals surface area contributed by atoms with Crippen LogP contribution in [0.5, 0.6) is 5.75 Å². The molecule has 0 N–H and O–H groups in total. The summed E-state index contributed by atoms with van der Waals surface area (Å²) in [5.41, 5.74) is 0.772. The molecule has 7 heteroatoms. The van der Waals surface area contributed by atoms with Crippen molar-refractivity contribution in [3.8, 4) is 5.75 Å². The Hall–Kier alpha value is -1.60. The molecule has 0 bridgehead atoms. The molecular weight excluding hydrogens is 364 g/mol. The Morgan fingerprint density at radius 3 is 2.15 bits per heavy atom. The number of benzene rings is 1. The zero-order valence-corrected chi connectivity index (χ0v) is 18.2. The highest BCUT2D eigenvalue weighted by Gasteiger charge is 2.40. The molecule has 2 atom stereocenters. The molecule has 1 amide bonds. The van der Waals surface area contributed by atoms with Gasteiger partial charge in [-0.15, -0.1) is 0 Å². The van der Waals surface area contributed by atoms with Crippen LogP contribution in [0.1, 0.15) is 59.9 Å². The maximum absolute atomic E-state index is 13.1. The van der Waals surface area contributed by atoms with E-state index in [1.165, 1.54) is 4.31 Å². The number of carbonyl (C=O) groups is 1. The van der Waals surface area contributed by atoms with Crippen molar-refractivity contribution in [1.29, 1.82) is 0 Å². The number of nitrogens with zero attached hydrogens (tertiary/aromatic N) is 2. The molecule has 2 rings (SSSR count). The number of rotatable bonds is 7. The zero-order chi connectivity index (χ0) is 20.5. The van der Waals surface area contributed by atoms with Gasteiger partial charge < -0.3 is 9.64 Å². The Labute approximate surface area is 163 Å². The van der Waals surface area contributed by atoms with Crippen LogP contribution in [-0.2, 0) is 14.8 Å². The van der Waals surface area contributed by atoms with E-state index in [9.17, 15) is 13.2 Å². The summed E-state index contributed by atoms with van der Waals surface area (Å²) in [6.45, 7) is 14.3. The van der Waals surface area contributed by atoms with Crippen molar-refractivity contribution in [2.75, 3.05) is 13.1 Å². The van der Waals surface area contributed by atoms with E-state index in [4.69, 9.17) is 4.74 Å². The second kappa shape index (κ2) is 8.19. The summed E-state index contributed by atoms with van der Waals surface area (Å²) in [5, 5.41) is 0. The van der Waals surface area contributed by atoms with Gasteiger partial charge in [0.2, 0.25) is 10.0 Å². The minimum Gasteiger partial charge on any atom is -0.480 e. The van der Waals surface area contributed by atoms with Crippen LogP contribution < -0.4 is 4.74 Å². The molecule has 0 fully saturated rings. The second-order valence-electron chi connectivity index (χ2n) is 7.55. The summed E-state index contributed by atoms with van der Waals surface area (Å²) in [5.74, 6) is 0.322. The first-order valence-electron chi connectivity index (χ1n) is 9.69. The van der Waals surface area contributed by atoms with Crippen molar-refractivity contribution in [2.45, 2.75) is 77.5 Å². The quantitative estimate of drug-likeness (QED) is 0.710. The third-order valence-electron chi connectivity index (χ3n) is 5.13. The fourth-order valence-corrected chi connectivity index (χ4v) is 5.28. The monoisotopic (exact) mass is 396 g/mol. The Kier molecular flexibility index (Phi) is 6.58. The lowest BCUT2D eigenvalue weighted by Gasteiger charge is -2.33. The third-order valence-corrected chi connectivity index (χ3v) is 7.18. The average molecular weight is 397 g/mol. The van der Waals surface area contributed by atoms with Crippen molar-refractivity contribution in [3.05, 3.63) is 23.8 Å². The molecule has 152 valence electrons. The largest absolute Gasteiger partial charge is 0.480 e. The molecule has 0 saturated carbocycles. The van der Waals surface area contributed by atoms with Crippen molar-refractivity contribution < 1.29 is 17.9 Å². The smallest absolute Gasteiger partial charge is 0.264 e. The molecule has 0 radical (unpaired) electrons. The fraction of sp³-hybridized carbons (Fsp3) is 0.650. The van der Waals surface area contributed by atoms with E-state index in [1.54, 1.807) is 18.2 Å². The van der Waals surface area contributed by atoms with Gasteiger partial charge in [-0.3, -0.25) is 4.79 Å². The van der Waals surface area contributed by atoms with E-state index in [-0.39, 0.29) is 28.8 Å². The summed E-state index contributed by atoms with van der Waals surface area (Å²) in [6.07, 6.45) is -0.629. The number of hydrogen-bond donors (Lipinski definition) is 0. The van der Waals surface area contributed by atoms with Gasteiger partial charge in [0.25, 0.3) is 5.91 Å². The highest BCUT2D eigenvalue weighted by atomic mass is 32.2. The van der Waals surface area contributed by atoms with Crippen molar-refractivity contribution in [1.82, 2.24) is 9.21 Å². The molecule has 0 aromatic heterocycles. The molecule has 1 aliphatic rings. The molecule has 0 saturated heterocycles. The molecule has 1 aromatic rings. The van der Waals surface area contributed by atoms with Crippen LogP contribution in [0.4, 0.5) is 0 Å². The van der Waals surface area contributed by atoms with Gasteiger partial charge in [0.1, 0.15) is 5.75 Å². The lowest BCUT2D eigenvalue weighted by molar-refractivity contribution is -0.142. The van der Waals surface area contributed by atoms with Crippen molar-refractivity contribution >= 4 is 15.9 Å². The van der Waals surface area contributed by atoms with E-state index in [0.717, 1.165) is 5.56 Å². The summed E-state index contributed by atoms with van der Waals surface area (Å²) >= 11 is 0. The van der Waals surface area contributed by atoms with Crippen LogP contribution in [0.15, 0.2) is 23.1 Å². The van der Waals surface area contributed by atoms with Crippen LogP contribution in [0.25, 0.3) is 0 Å². The first kappa shape index (κ1) is 21.7. The first-order valence-corrected chi connectivity index (χ1v) is 11.1.